The van der Waals surface area contributed by atoms with E-state index in [-0.39, 0.29) is 5.92 Å². The second-order valence-corrected chi connectivity index (χ2v) is 8.11. The van der Waals surface area contributed by atoms with Crippen LogP contribution in [-0.4, -0.2) is 0 Å². The van der Waals surface area contributed by atoms with E-state index >= 15 is 0 Å². The van der Waals surface area contributed by atoms with Gasteiger partial charge in [-0.15, -0.1) is 0 Å². The number of hydrogen-bond donors (Lipinski definition) is 0. The summed E-state index contributed by atoms with van der Waals surface area (Å²) in [6.45, 7) is 2.02. The highest BCUT2D eigenvalue weighted by molar-refractivity contribution is 5.97. The zero-order chi connectivity index (χ0) is 18.7. The van der Waals surface area contributed by atoms with Crippen molar-refractivity contribution in [3.05, 3.63) is 106 Å². The predicted molar refractivity (Wildman–Crippen MR) is 116 cm³/mol. The third-order valence-electron chi connectivity index (χ3n) is 6.39. The first-order valence-corrected chi connectivity index (χ1v) is 10.2. The minimum absolute atomic E-state index is 0.220. The lowest BCUT2D eigenvalue weighted by Crippen LogP contribution is -2.03. The predicted octanol–water partition coefficient (Wildman–Crippen LogP) is 6.92. The average molecular weight is 362 g/mol. The quantitative estimate of drug-likeness (QED) is 0.377. The molecule has 0 saturated heterocycles. The fraction of sp³-hybridized carbons (Fsp3) is 0.185. The van der Waals surface area contributed by atoms with Crippen molar-refractivity contribution in [2.75, 3.05) is 0 Å². The Labute approximate surface area is 165 Å². The van der Waals surface area contributed by atoms with Gasteiger partial charge in [0.2, 0.25) is 0 Å². The van der Waals surface area contributed by atoms with E-state index in [9.17, 15) is 0 Å². The minimum Gasteiger partial charge on any atom is -0.462 e. The number of allylic oxidation sites excluding steroid dienone is 1. The van der Waals surface area contributed by atoms with Crippen LogP contribution < -0.4 is 0 Å². The summed E-state index contributed by atoms with van der Waals surface area (Å²) < 4.78 is 6.09. The van der Waals surface area contributed by atoms with Crippen molar-refractivity contribution in [2.45, 2.75) is 32.1 Å². The van der Waals surface area contributed by atoms with E-state index in [0.717, 1.165) is 11.5 Å². The number of furan rings is 1. The third kappa shape index (κ3) is 2.32. The molecule has 6 rings (SSSR count). The molecule has 2 aliphatic rings. The topological polar surface area (TPSA) is 13.1 Å². The molecule has 0 saturated carbocycles. The molecule has 1 heterocycles. The molecule has 28 heavy (non-hydrogen) atoms. The molecule has 0 amide bonds. The molecule has 4 aromatic rings. The van der Waals surface area contributed by atoms with Gasteiger partial charge in [-0.05, 0) is 83.0 Å². The monoisotopic (exact) mass is 362 g/mol. The van der Waals surface area contributed by atoms with Gasteiger partial charge in [-0.25, -0.2) is 0 Å². The van der Waals surface area contributed by atoms with E-state index in [1.54, 1.807) is 0 Å². The van der Waals surface area contributed by atoms with Gasteiger partial charge in [-0.2, -0.15) is 0 Å². The van der Waals surface area contributed by atoms with Gasteiger partial charge in [0.05, 0.1) is 0 Å². The van der Waals surface area contributed by atoms with Gasteiger partial charge in [0.1, 0.15) is 11.5 Å². The Kier molecular flexibility index (Phi) is 3.40. The molecule has 1 nitrogen and oxygen atoms in total. The van der Waals surface area contributed by atoms with E-state index in [2.05, 4.69) is 72.8 Å². The highest BCUT2D eigenvalue weighted by Gasteiger charge is 2.32. The number of aryl methyl sites for hydroxylation is 3. The van der Waals surface area contributed by atoms with Gasteiger partial charge < -0.3 is 4.42 Å². The fourth-order valence-corrected chi connectivity index (χ4v) is 5.10. The summed E-state index contributed by atoms with van der Waals surface area (Å²) in [6.07, 6.45) is 6.06. The van der Waals surface area contributed by atoms with Crippen LogP contribution >= 0.6 is 0 Å². The summed E-state index contributed by atoms with van der Waals surface area (Å²) in [7, 11) is 0. The van der Waals surface area contributed by atoms with Gasteiger partial charge >= 0.3 is 0 Å². The molecule has 1 aromatic heterocycles. The molecule has 0 N–H and O–H groups in total. The van der Waals surface area contributed by atoms with Crippen LogP contribution in [0, 0.1) is 6.92 Å². The summed E-state index contributed by atoms with van der Waals surface area (Å²) in [5.41, 5.74) is 8.51. The molecule has 0 aliphatic heterocycles. The van der Waals surface area contributed by atoms with Crippen molar-refractivity contribution < 1.29 is 4.42 Å². The van der Waals surface area contributed by atoms with Gasteiger partial charge in [-0.3, -0.25) is 0 Å². The molecule has 0 radical (unpaired) electrons. The zero-order valence-electron chi connectivity index (χ0n) is 16.0. The minimum atomic E-state index is 0.220. The van der Waals surface area contributed by atoms with E-state index in [1.165, 1.54) is 63.4 Å². The lowest BCUT2D eigenvalue weighted by Gasteiger charge is -2.19. The van der Waals surface area contributed by atoms with Gasteiger partial charge in [0.15, 0.2) is 0 Å². The third-order valence-corrected chi connectivity index (χ3v) is 6.39. The summed E-state index contributed by atoms with van der Waals surface area (Å²) >= 11 is 0. The normalized spacial score (nSPS) is 17.6. The van der Waals surface area contributed by atoms with Crippen LogP contribution in [0.3, 0.4) is 0 Å². The Morgan fingerprint density at radius 1 is 0.821 bits per heavy atom. The van der Waals surface area contributed by atoms with E-state index in [4.69, 9.17) is 4.42 Å². The molecular weight excluding hydrogens is 340 g/mol. The van der Waals surface area contributed by atoms with Crippen LogP contribution in [0.4, 0.5) is 0 Å². The van der Waals surface area contributed by atoms with E-state index < -0.39 is 0 Å². The Bertz CT molecular complexity index is 1250. The molecule has 2 aliphatic carbocycles. The molecule has 0 bridgehead atoms. The lowest BCUT2D eigenvalue weighted by atomic mass is 9.84. The lowest BCUT2D eigenvalue weighted by molar-refractivity contribution is 0.519. The molecule has 1 heteroatoms. The second kappa shape index (κ2) is 5.97. The second-order valence-electron chi connectivity index (χ2n) is 8.11. The largest absolute Gasteiger partial charge is 0.462 e. The van der Waals surface area contributed by atoms with Crippen LogP contribution in [-0.2, 0) is 12.8 Å². The number of rotatable bonds is 2. The van der Waals surface area contributed by atoms with Gasteiger partial charge in [0, 0.05) is 11.5 Å². The van der Waals surface area contributed by atoms with Crippen LogP contribution in [0.5, 0.6) is 0 Å². The Morgan fingerprint density at radius 3 is 2.50 bits per heavy atom. The highest BCUT2D eigenvalue weighted by Crippen LogP contribution is 2.49. The molecular formula is C27H22O. The summed E-state index contributed by atoms with van der Waals surface area (Å²) in [4.78, 5) is 0. The summed E-state index contributed by atoms with van der Waals surface area (Å²) in [6, 6.07) is 24.5. The summed E-state index contributed by atoms with van der Waals surface area (Å²) in [5.74, 6) is 2.18. The Morgan fingerprint density at radius 2 is 1.64 bits per heavy atom. The highest BCUT2D eigenvalue weighted by atomic mass is 16.3. The maximum absolute atomic E-state index is 6.09. The molecule has 3 aromatic carbocycles. The molecule has 0 spiro atoms. The fourth-order valence-electron chi connectivity index (χ4n) is 5.10. The number of benzene rings is 3. The summed E-state index contributed by atoms with van der Waals surface area (Å²) in [5, 5.41) is 2.63. The smallest absolute Gasteiger partial charge is 0.131 e. The Balaban J connectivity index is 1.62. The average Bonchev–Trinajstić information content (AvgIpc) is 3.43. The van der Waals surface area contributed by atoms with Gasteiger partial charge in [-0.1, -0.05) is 54.6 Å². The standard InChI is InChI=1S/C27H22O/c1-17-12-13-26(28-17)25-16-21-14-19-8-4-9-20(19)15-24(21)27(25)23-11-5-7-18-6-2-3-10-22(18)23/h2-3,5-7,10-16,27H,4,8-9H2,1H3. The van der Waals surface area contributed by atoms with Crippen LogP contribution in [0.2, 0.25) is 0 Å². The number of fused-ring (bicyclic) bond motifs is 3. The van der Waals surface area contributed by atoms with Crippen LogP contribution in [0.25, 0.3) is 22.4 Å². The SMILES string of the molecule is Cc1ccc(C2=Cc3cc4c(cc3C2c2cccc3ccccc23)CCC4)o1. The maximum atomic E-state index is 6.09. The molecule has 1 unspecified atom stereocenters. The zero-order valence-corrected chi connectivity index (χ0v) is 16.0. The first-order valence-electron chi connectivity index (χ1n) is 10.2. The maximum Gasteiger partial charge on any atom is 0.131 e. The van der Waals surface area contributed by atoms with Crippen LogP contribution in [0.1, 0.15) is 51.7 Å². The molecule has 136 valence electrons. The first-order chi connectivity index (χ1) is 13.8. The van der Waals surface area contributed by atoms with Crippen molar-refractivity contribution in [2.24, 2.45) is 0 Å². The molecule has 1 atom stereocenters. The molecule has 0 fully saturated rings. The first kappa shape index (κ1) is 15.9. The van der Waals surface area contributed by atoms with Crippen molar-refractivity contribution in [1.82, 2.24) is 0 Å². The van der Waals surface area contributed by atoms with Crippen LogP contribution in [0.15, 0.2) is 71.1 Å². The Hall–Kier alpha value is -3.06. The van der Waals surface area contributed by atoms with Crippen molar-refractivity contribution in [3.8, 4) is 0 Å². The van der Waals surface area contributed by atoms with E-state index in [1.807, 2.05) is 6.92 Å². The number of hydrogen-bond acceptors (Lipinski definition) is 1. The van der Waals surface area contributed by atoms with Crippen molar-refractivity contribution in [1.29, 1.82) is 0 Å². The van der Waals surface area contributed by atoms with Crippen molar-refractivity contribution in [3.63, 3.8) is 0 Å². The van der Waals surface area contributed by atoms with Gasteiger partial charge in [0.25, 0.3) is 0 Å². The van der Waals surface area contributed by atoms with E-state index in [0.29, 0.717) is 0 Å². The van der Waals surface area contributed by atoms with Crippen molar-refractivity contribution >= 4 is 22.4 Å².